The quantitative estimate of drug-likeness (QED) is 0.756. The molecule has 0 aromatic rings. The maximum absolute atomic E-state index is 9.60. The second-order valence-electron chi connectivity index (χ2n) is 5.39. The van der Waals surface area contributed by atoms with Crippen molar-refractivity contribution in [3.05, 3.63) is 0 Å². The van der Waals surface area contributed by atoms with Gasteiger partial charge in [0.1, 0.15) is 5.54 Å². The van der Waals surface area contributed by atoms with E-state index in [0.29, 0.717) is 5.92 Å². The lowest BCUT2D eigenvalue weighted by molar-refractivity contribution is 0.182. The molecule has 1 N–H and O–H groups in total. The minimum atomic E-state index is -0.250. The highest BCUT2D eigenvalue weighted by Crippen LogP contribution is 2.35. The van der Waals surface area contributed by atoms with Crippen LogP contribution in [0.1, 0.15) is 52.9 Å². The van der Waals surface area contributed by atoms with Crippen molar-refractivity contribution >= 4 is 0 Å². The van der Waals surface area contributed by atoms with Crippen LogP contribution in [-0.4, -0.2) is 36.6 Å². The fourth-order valence-electron chi connectivity index (χ4n) is 3.19. The number of likely N-dealkylation sites (N-methyl/N-ethyl adjacent to an activating group) is 1. The summed E-state index contributed by atoms with van der Waals surface area (Å²) in [5.41, 5.74) is -0.250. The van der Waals surface area contributed by atoms with Gasteiger partial charge in [-0.3, -0.25) is 5.32 Å². The van der Waals surface area contributed by atoms with E-state index in [9.17, 15) is 5.26 Å². The topological polar surface area (TPSA) is 39.1 Å². The van der Waals surface area contributed by atoms with E-state index < -0.39 is 0 Å². The molecular formula is C15H29N3. The predicted molar refractivity (Wildman–Crippen MR) is 76.4 cm³/mol. The average molecular weight is 251 g/mol. The molecule has 3 heteroatoms. The van der Waals surface area contributed by atoms with Crippen molar-refractivity contribution in [2.75, 3.05) is 26.2 Å². The molecular weight excluding hydrogens is 222 g/mol. The Bertz CT molecular complexity index is 267. The van der Waals surface area contributed by atoms with Gasteiger partial charge in [0.25, 0.3) is 0 Å². The molecule has 104 valence electrons. The van der Waals surface area contributed by atoms with Crippen LogP contribution < -0.4 is 5.32 Å². The third kappa shape index (κ3) is 3.70. The molecule has 0 bridgehead atoms. The lowest BCUT2D eigenvalue weighted by atomic mass is 9.72. The van der Waals surface area contributed by atoms with Crippen molar-refractivity contribution in [1.82, 2.24) is 10.2 Å². The van der Waals surface area contributed by atoms with Gasteiger partial charge in [-0.2, -0.15) is 5.26 Å². The minimum absolute atomic E-state index is 0.250. The van der Waals surface area contributed by atoms with Crippen molar-refractivity contribution < 1.29 is 0 Å². The van der Waals surface area contributed by atoms with E-state index in [0.717, 1.165) is 39.0 Å². The summed E-state index contributed by atoms with van der Waals surface area (Å²) in [5, 5.41) is 13.2. The zero-order chi connectivity index (χ0) is 13.4. The third-order valence-corrected chi connectivity index (χ3v) is 4.53. The standard InChI is InChI=1S/C15H29N3/c1-4-14-9-7-8-10-15(14,13-16)17-11-12-18(5-2)6-3/h14,17H,4-12H2,1-3H3. The van der Waals surface area contributed by atoms with Gasteiger partial charge >= 0.3 is 0 Å². The summed E-state index contributed by atoms with van der Waals surface area (Å²) in [6.45, 7) is 10.8. The average Bonchev–Trinajstić information content (AvgIpc) is 2.44. The van der Waals surface area contributed by atoms with E-state index in [1.165, 1.54) is 19.3 Å². The van der Waals surface area contributed by atoms with Crippen LogP contribution in [0.25, 0.3) is 0 Å². The molecule has 0 radical (unpaired) electrons. The molecule has 0 spiro atoms. The molecule has 0 saturated heterocycles. The van der Waals surface area contributed by atoms with Gasteiger partial charge in [0, 0.05) is 13.1 Å². The maximum Gasteiger partial charge on any atom is 0.109 e. The molecule has 3 nitrogen and oxygen atoms in total. The highest BCUT2D eigenvalue weighted by Gasteiger charge is 2.39. The zero-order valence-corrected chi connectivity index (χ0v) is 12.3. The van der Waals surface area contributed by atoms with Gasteiger partial charge in [-0.1, -0.05) is 40.0 Å². The Labute approximate surface area is 113 Å². The van der Waals surface area contributed by atoms with Gasteiger partial charge in [0.05, 0.1) is 6.07 Å². The van der Waals surface area contributed by atoms with Crippen LogP contribution in [0.3, 0.4) is 0 Å². The molecule has 2 atom stereocenters. The zero-order valence-electron chi connectivity index (χ0n) is 12.3. The second-order valence-corrected chi connectivity index (χ2v) is 5.39. The van der Waals surface area contributed by atoms with Gasteiger partial charge < -0.3 is 4.90 Å². The first-order chi connectivity index (χ1) is 8.72. The molecule has 0 aliphatic heterocycles. The van der Waals surface area contributed by atoms with E-state index in [4.69, 9.17) is 0 Å². The number of rotatable bonds is 7. The number of nitrogens with one attached hydrogen (secondary N) is 1. The molecule has 0 aromatic heterocycles. The van der Waals surface area contributed by atoms with Crippen molar-refractivity contribution in [2.24, 2.45) is 5.92 Å². The number of nitrogens with zero attached hydrogens (tertiary/aromatic N) is 2. The molecule has 0 aromatic carbocycles. The van der Waals surface area contributed by atoms with Crippen LogP contribution in [0.4, 0.5) is 0 Å². The van der Waals surface area contributed by atoms with Crippen LogP contribution in [0, 0.1) is 17.2 Å². The lowest BCUT2D eigenvalue weighted by Gasteiger charge is -2.39. The van der Waals surface area contributed by atoms with Crippen molar-refractivity contribution in [2.45, 2.75) is 58.4 Å². The molecule has 1 rings (SSSR count). The monoisotopic (exact) mass is 251 g/mol. The Morgan fingerprint density at radius 2 is 2.00 bits per heavy atom. The number of hydrogen-bond donors (Lipinski definition) is 1. The van der Waals surface area contributed by atoms with Crippen molar-refractivity contribution in [1.29, 1.82) is 5.26 Å². The normalized spacial score (nSPS) is 28.3. The summed E-state index contributed by atoms with van der Waals surface area (Å²) in [6.07, 6.45) is 5.84. The number of hydrogen-bond acceptors (Lipinski definition) is 3. The Morgan fingerprint density at radius 1 is 1.28 bits per heavy atom. The largest absolute Gasteiger partial charge is 0.303 e. The second kappa shape index (κ2) is 7.76. The van der Waals surface area contributed by atoms with Crippen molar-refractivity contribution in [3.63, 3.8) is 0 Å². The molecule has 0 heterocycles. The molecule has 1 fully saturated rings. The summed E-state index contributed by atoms with van der Waals surface area (Å²) >= 11 is 0. The van der Waals surface area contributed by atoms with Gasteiger partial charge in [-0.25, -0.2) is 0 Å². The van der Waals surface area contributed by atoms with E-state index >= 15 is 0 Å². The molecule has 2 unspecified atom stereocenters. The summed E-state index contributed by atoms with van der Waals surface area (Å²) in [4.78, 5) is 2.40. The van der Waals surface area contributed by atoms with Crippen LogP contribution in [0.5, 0.6) is 0 Å². The lowest BCUT2D eigenvalue weighted by Crippen LogP contribution is -2.53. The first-order valence-electron chi connectivity index (χ1n) is 7.61. The Hall–Kier alpha value is -0.590. The van der Waals surface area contributed by atoms with Gasteiger partial charge in [0.15, 0.2) is 0 Å². The van der Waals surface area contributed by atoms with Gasteiger partial charge in [-0.15, -0.1) is 0 Å². The van der Waals surface area contributed by atoms with E-state index in [-0.39, 0.29) is 5.54 Å². The summed E-state index contributed by atoms with van der Waals surface area (Å²) in [5.74, 6) is 0.535. The van der Waals surface area contributed by atoms with E-state index in [1.807, 2.05) is 0 Å². The van der Waals surface area contributed by atoms with Crippen molar-refractivity contribution in [3.8, 4) is 6.07 Å². The summed E-state index contributed by atoms with van der Waals surface area (Å²) in [6, 6.07) is 2.60. The smallest absolute Gasteiger partial charge is 0.109 e. The Morgan fingerprint density at radius 3 is 2.56 bits per heavy atom. The SMILES string of the molecule is CCC1CCCCC1(C#N)NCCN(CC)CC. The molecule has 0 amide bonds. The predicted octanol–water partition coefficient (Wildman–Crippen LogP) is 2.78. The highest BCUT2D eigenvalue weighted by molar-refractivity contribution is 5.12. The van der Waals surface area contributed by atoms with Crippen LogP contribution in [0.15, 0.2) is 0 Å². The van der Waals surface area contributed by atoms with Crippen LogP contribution in [0.2, 0.25) is 0 Å². The molecule has 1 aliphatic carbocycles. The van der Waals surface area contributed by atoms with Gasteiger partial charge in [0.2, 0.25) is 0 Å². The Kier molecular flexibility index (Phi) is 6.67. The summed E-state index contributed by atoms with van der Waals surface area (Å²) < 4.78 is 0. The first kappa shape index (κ1) is 15.5. The highest BCUT2D eigenvalue weighted by atomic mass is 15.1. The molecule has 18 heavy (non-hydrogen) atoms. The van der Waals surface area contributed by atoms with E-state index in [2.05, 4.69) is 37.1 Å². The third-order valence-electron chi connectivity index (χ3n) is 4.53. The first-order valence-corrected chi connectivity index (χ1v) is 7.61. The Balaban J connectivity index is 2.51. The van der Waals surface area contributed by atoms with Crippen LogP contribution >= 0.6 is 0 Å². The van der Waals surface area contributed by atoms with Gasteiger partial charge in [-0.05, 0) is 31.8 Å². The fraction of sp³-hybridized carbons (Fsp3) is 0.933. The summed E-state index contributed by atoms with van der Waals surface area (Å²) in [7, 11) is 0. The number of nitriles is 1. The minimum Gasteiger partial charge on any atom is -0.303 e. The molecule has 1 saturated carbocycles. The fourth-order valence-corrected chi connectivity index (χ4v) is 3.19. The van der Waals surface area contributed by atoms with E-state index in [1.54, 1.807) is 0 Å². The van der Waals surface area contributed by atoms with Crippen LogP contribution in [-0.2, 0) is 0 Å². The molecule has 1 aliphatic rings. The maximum atomic E-state index is 9.60.